The van der Waals surface area contributed by atoms with Gasteiger partial charge in [-0.3, -0.25) is 19.6 Å². The minimum Gasteiger partial charge on any atom is -0.352 e. The van der Waals surface area contributed by atoms with Crippen LogP contribution in [0.2, 0.25) is 5.02 Å². The van der Waals surface area contributed by atoms with E-state index in [2.05, 4.69) is 10.4 Å². The molecule has 0 fully saturated rings. The Balaban J connectivity index is 1.84. The molecule has 1 aromatic heterocycles. The summed E-state index contributed by atoms with van der Waals surface area (Å²) in [6.45, 7) is 2.73. The summed E-state index contributed by atoms with van der Waals surface area (Å²) < 4.78 is 1.70. The van der Waals surface area contributed by atoms with Gasteiger partial charge in [-0.1, -0.05) is 11.6 Å². The summed E-state index contributed by atoms with van der Waals surface area (Å²) in [5.74, 6) is -0.253. The van der Waals surface area contributed by atoms with Crippen LogP contribution in [0.5, 0.6) is 0 Å². The summed E-state index contributed by atoms with van der Waals surface area (Å²) in [7, 11) is 0. The first-order chi connectivity index (χ1) is 10.5. The molecule has 22 heavy (non-hydrogen) atoms. The average molecular weight is 323 g/mol. The maximum absolute atomic E-state index is 12.0. The number of rotatable bonds is 6. The fourth-order valence-electron chi connectivity index (χ4n) is 2.01. The van der Waals surface area contributed by atoms with Crippen LogP contribution in [-0.4, -0.2) is 27.2 Å². The zero-order chi connectivity index (χ0) is 16.1. The van der Waals surface area contributed by atoms with Crippen molar-refractivity contribution in [2.45, 2.75) is 19.9 Å². The molecule has 1 amide bonds. The Bertz CT molecular complexity index is 699. The minimum atomic E-state index is -0.466. The number of halogens is 1. The topological polar surface area (TPSA) is 90.1 Å². The summed E-state index contributed by atoms with van der Waals surface area (Å²) in [4.78, 5) is 22.2. The van der Waals surface area contributed by atoms with Crippen molar-refractivity contribution >= 4 is 23.2 Å². The molecule has 1 N–H and O–H groups in total. The van der Waals surface area contributed by atoms with Crippen molar-refractivity contribution in [3.05, 3.63) is 56.9 Å². The smallest absolute Gasteiger partial charge is 0.272 e. The second-order valence-corrected chi connectivity index (χ2v) is 5.23. The van der Waals surface area contributed by atoms with Gasteiger partial charge in [-0.15, -0.1) is 0 Å². The highest BCUT2D eigenvalue weighted by Crippen LogP contribution is 2.18. The third-order valence-corrected chi connectivity index (χ3v) is 3.30. The minimum absolute atomic E-state index is 0.00658. The molecule has 0 bridgehead atoms. The van der Waals surface area contributed by atoms with E-state index in [4.69, 9.17) is 11.6 Å². The number of amides is 1. The highest BCUT2D eigenvalue weighted by Gasteiger charge is 2.13. The predicted octanol–water partition coefficient (Wildman–Crippen LogP) is 2.57. The van der Waals surface area contributed by atoms with E-state index in [1.807, 2.05) is 0 Å². The highest BCUT2D eigenvalue weighted by molar-refractivity contribution is 6.30. The number of nitrogens with zero attached hydrogens (tertiary/aromatic N) is 3. The summed E-state index contributed by atoms with van der Waals surface area (Å²) in [6, 6.07) is 4.31. The lowest BCUT2D eigenvalue weighted by Gasteiger charge is -2.06. The molecule has 2 aromatic rings. The SMILES string of the molecule is Cc1cc(C(=O)NCCCn2cc(Cl)cn2)ccc1[N+](=O)[O-]. The third kappa shape index (κ3) is 4.05. The van der Waals surface area contributed by atoms with Gasteiger partial charge in [0, 0.05) is 36.5 Å². The van der Waals surface area contributed by atoms with E-state index in [0.29, 0.717) is 35.7 Å². The first-order valence-electron chi connectivity index (χ1n) is 6.68. The molecule has 0 saturated heterocycles. The Kier molecular flexibility index (Phi) is 5.11. The third-order valence-electron chi connectivity index (χ3n) is 3.11. The fraction of sp³-hybridized carbons (Fsp3) is 0.286. The zero-order valence-corrected chi connectivity index (χ0v) is 12.7. The van der Waals surface area contributed by atoms with Crippen molar-refractivity contribution in [1.82, 2.24) is 15.1 Å². The predicted molar refractivity (Wildman–Crippen MR) is 82.0 cm³/mol. The Labute approximate surface area is 132 Å². The fourth-order valence-corrected chi connectivity index (χ4v) is 2.16. The number of nitro groups is 1. The van der Waals surface area contributed by atoms with Crippen LogP contribution in [0.4, 0.5) is 5.69 Å². The van der Waals surface area contributed by atoms with E-state index in [1.165, 1.54) is 18.2 Å². The van der Waals surface area contributed by atoms with Crippen molar-refractivity contribution < 1.29 is 9.72 Å². The summed E-state index contributed by atoms with van der Waals surface area (Å²) in [6.07, 6.45) is 3.97. The second kappa shape index (κ2) is 7.04. The number of aromatic nitrogens is 2. The van der Waals surface area contributed by atoms with Gasteiger partial charge in [0.2, 0.25) is 0 Å². The van der Waals surface area contributed by atoms with Crippen LogP contribution >= 0.6 is 11.6 Å². The Hall–Kier alpha value is -2.41. The van der Waals surface area contributed by atoms with E-state index in [0.717, 1.165) is 0 Å². The molecule has 1 aromatic carbocycles. The maximum Gasteiger partial charge on any atom is 0.272 e. The van der Waals surface area contributed by atoms with Gasteiger partial charge in [-0.05, 0) is 25.5 Å². The quantitative estimate of drug-likeness (QED) is 0.503. The van der Waals surface area contributed by atoms with Gasteiger partial charge in [-0.25, -0.2) is 0 Å². The van der Waals surface area contributed by atoms with Gasteiger partial charge in [0.05, 0.1) is 16.1 Å². The number of hydrogen-bond acceptors (Lipinski definition) is 4. The number of nitrogens with one attached hydrogen (secondary N) is 1. The molecule has 0 unspecified atom stereocenters. The van der Waals surface area contributed by atoms with Crippen LogP contribution in [-0.2, 0) is 6.54 Å². The summed E-state index contributed by atoms with van der Waals surface area (Å²) >= 11 is 5.75. The Morgan fingerprint density at radius 3 is 2.86 bits per heavy atom. The monoisotopic (exact) mass is 322 g/mol. The van der Waals surface area contributed by atoms with Crippen LogP contribution in [0.15, 0.2) is 30.6 Å². The molecule has 0 aliphatic carbocycles. The van der Waals surface area contributed by atoms with Crippen molar-refractivity contribution in [2.24, 2.45) is 0 Å². The molecular weight excluding hydrogens is 308 g/mol. The lowest BCUT2D eigenvalue weighted by molar-refractivity contribution is -0.385. The summed E-state index contributed by atoms with van der Waals surface area (Å²) in [5, 5.41) is 18.1. The maximum atomic E-state index is 12.0. The first kappa shape index (κ1) is 16.0. The highest BCUT2D eigenvalue weighted by atomic mass is 35.5. The van der Waals surface area contributed by atoms with Gasteiger partial charge in [0.15, 0.2) is 0 Å². The van der Waals surface area contributed by atoms with Gasteiger partial charge >= 0.3 is 0 Å². The van der Waals surface area contributed by atoms with E-state index in [-0.39, 0.29) is 11.6 Å². The lowest BCUT2D eigenvalue weighted by Crippen LogP contribution is -2.25. The Morgan fingerprint density at radius 1 is 1.50 bits per heavy atom. The molecule has 0 saturated carbocycles. The second-order valence-electron chi connectivity index (χ2n) is 4.79. The molecule has 8 heteroatoms. The molecule has 7 nitrogen and oxygen atoms in total. The number of hydrogen-bond donors (Lipinski definition) is 1. The summed E-state index contributed by atoms with van der Waals surface area (Å²) in [5.41, 5.74) is 0.876. The number of nitro benzene ring substituents is 1. The molecular formula is C14H15ClN4O3. The largest absolute Gasteiger partial charge is 0.352 e. The molecule has 0 aliphatic heterocycles. The van der Waals surface area contributed by atoms with Crippen LogP contribution in [0.3, 0.4) is 0 Å². The van der Waals surface area contributed by atoms with Gasteiger partial charge in [0.1, 0.15) is 0 Å². The molecule has 1 heterocycles. The van der Waals surface area contributed by atoms with Crippen molar-refractivity contribution in [3.8, 4) is 0 Å². The van der Waals surface area contributed by atoms with Crippen LogP contribution < -0.4 is 5.32 Å². The van der Waals surface area contributed by atoms with E-state index in [9.17, 15) is 14.9 Å². The van der Waals surface area contributed by atoms with Crippen molar-refractivity contribution in [3.63, 3.8) is 0 Å². The van der Waals surface area contributed by atoms with E-state index < -0.39 is 4.92 Å². The first-order valence-corrected chi connectivity index (χ1v) is 7.06. The Morgan fingerprint density at radius 2 is 2.27 bits per heavy atom. The molecule has 0 radical (unpaired) electrons. The number of carbonyl (C=O) groups excluding carboxylic acids is 1. The van der Waals surface area contributed by atoms with Crippen LogP contribution in [0, 0.1) is 17.0 Å². The molecule has 0 atom stereocenters. The van der Waals surface area contributed by atoms with Gasteiger partial charge < -0.3 is 5.32 Å². The van der Waals surface area contributed by atoms with Gasteiger partial charge in [-0.2, -0.15) is 5.10 Å². The van der Waals surface area contributed by atoms with Crippen molar-refractivity contribution in [1.29, 1.82) is 0 Å². The number of benzene rings is 1. The van der Waals surface area contributed by atoms with Crippen molar-refractivity contribution in [2.75, 3.05) is 6.54 Å². The number of aryl methyl sites for hydroxylation is 2. The molecule has 116 valence electrons. The van der Waals surface area contributed by atoms with Crippen LogP contribution in [0.1, 0.15) is 22.3 Å². The molecule has 0 spiro atoms. The molecule has 0 aliphatic rings. The van der Waals surface area contributed by atoms with E-state index in [1.54, 1.807) is 24.0 Å². The lowest BCUT2D eigenvalue weighted by atomic mass is 10.1. The number of carbonyl (C=O) groups is 1. The van der Waals surface area contributed by atoms with E-state index >= 15 is 0 Å². The zero-order valence-electron chi connectivity index (χ0n) is 12.0. The van der Waals surface area contributed by atoms with Gasteiger partial charge in [0.25, 0.3) is 11.6 Å². The average Bonchev–Trinajstić information content (AvgIpc) is 2.88. The standard InChI is InChI=1S/C14H15ClN4O3/c1-10-7-11(3-4-13(10)19(21)22)14(20)16-5-2-6-18-9-12(15)8-17-18/h3-4,7-9H,2,5-6H2,1H3,(H,16,20). The van der Waals surface area contributed by atoms with Crippen LogP contribution in [0.25, 0.3) is 0 Å². The normalized spacial score (nSPS) is 10.5. The molecule has 2 rings (SSSR count).